The zero-order chi connectivity index (χ0) is 16.5. The summed E-state index contributed by atoms with van der Waals surface area (Å²) in [6, 6.07) is 9.37. The molecule has 7 heteroatoms. The minimum absolute atomic E-state index is 0.254. The summed E-state index contributed by atoms with van der Waals surface area (Å²) in [6.45, 7) is 0. The molecule has 24 heavy (non-hydrogen) atoms. The van der Waals surface area contributed by atoms with E-state index < -0.39 is 0 Å². The van der Waals surface area contributed by atoms with Gasteiger partial charge < -0.3 is 14.4 Å². The number of hydrogen-bond acceptors (Lipinski definition) is 5. The van der Waals surface area contributed by atoms with Crippen molar-refractivity contribution >= 4 is 23.4 Å². The normalized spacial score (nSPS) is 13.9. The van der Waals surface area contributed by atoms with E-state index >= 15 is 0 Å². The third kappa shape index (κ3) is 3.21. The van der Waals surface area contributed by atoms with Gasteiger partial charge in [-0.05, 0) is 37.1 Å². The number of benzene rings is 1. The number of amides is 1. The second kappa shape index (κ2) is 6.16. The first-order valence-electron chi connectivity index (χ1n) is 7.72. The Morgan fingerprint density at radius 2 is 2.12 bits per heavy atom. The number of carbonyl (C=O) groups is 1. The number of carbonyl (C=O) groups excluding carboxylic acids is 1. The molecule has 0 spiro atoms. The van der Waals surface area contributed by atoms with Gasteiger partial charge in [0, 0.05) is 42.0 Å². The first-order valence-corrected chi connectivity index (χ1v) is 8.54. The zero-order valence-corrected chi connectivity index (χ0v) is 13.9. The van der Waals surface area contributed by atoms with Crippen LogP contribution in [-0.2, 0) is 7.05 Å². The fraction of sp³-hybridized carbons (Fsp3) is 0.235. The van der Waals surface area contributed by atoms with E-state index in [0.29, 0.717) is 11.6 Å². The molecule has 1 fully saturated rings. The second-order valence-corrected chi connectivity index (χ2v) is 6.83. The van der Waals surface area contributed by atoms with Crippen LogP contribution in [0.4, 0.5) is 5.69 Å². The molecule has 2 heterocycles. The van der Waals surface area contributed by atoms with Crippen LogP contribution in [-0.4, -0.2) is 20.6 Å². The van der Waals surface area contributed by atoms with Crippen LogP contribution in [0.1, 0.15) is 35.0 Å². The van der Waals surface area contributed by atoms with Crippen LogP contribution in [0.25, 0.3) is 0 Å². The molecule has 0 unspecified atom stereocenters. The Balaban J connectivity index is 1.40. The van der Waals surface area contributed by atoms with Gasteiger partial charge in [0.05, 0.1) is 0 Å². The van der Waals surface area contributed by atoms with Crippen LogP contribution in [0.3, 0.4) is 0 Å². The molecular weight excluding hydrogens is 324 g/mol. The minimum atomic E-state index is -0.254. The molecule has 4 rings (SSSR count). The highest BCUT2D eigenvalue weighted by Gasteiger charge is 2.28. The Morgan fingerprint density at radius 3 is 2.79 bits per heavy atom. The molecule has 0 aliphatic heterocycles. The summed E-state index contributed by atoms with van der Waals surface area (Å²) in [4.78, 5) is 17.5. The van der Waals surface area contributed by atoms with Crippen LogP contribution in [0.2, 0.25) is 0 Å². The molecule has 0 radical (unpaired) electrons. The van der Waals surface area contributed by atoms with E-state index in [9.17, 15) is 4.79 Å². The Bertz CT molecular complexity index is 865. The highest BCUT2D eigenvalue weighted by molar-refractivity contribution is 7.99. The Hall–Kier alpha value is -2.54. The lowest BCUT2D eigenvalue weighted by molar-refractivity contribution is 0.101. The van der Waals surface area contributed by atoms with Crippen molar-refractivity contribution in [2.75, 3.05) is 5.32 Å². The van der Waals surface area contributed by atoms with Gasteiger partial charge in [0.25, 0.3) is 5.91 Å². The quantitative estimate of drug-likeness (QED) is 0.767. The van der Waals surface area contributed by atoms with Gasteiger partial charge in [0.15, 0.2) is 10.9 Å². The highest BCUT2D eigenvalue weighted by Crippen LogP contribution is 2.40. The lowest BCUT2D eigenvalue weighted by Gasteiger charge is -2.05. The van der Waals surface area contributed by atoms with Crippen molar-refractivity contribution in [1.29, 1.82) is 0 Å². The van der Waals surface area contributed by atoms with Gasteiger partial charge in [-0.25, -0.2) is 4.98 Å². The fourth-order valence-electron chi connectivity index (χ4n) is 2.31. The molecule has 1 saturated carbocycles. The molecule has 2 aromatic heterocycles. The number of rotatable bonds is 5. The largest absolute Gasteiger partial charge is 0.360 e. The van der Waals surface area contributed by atoms with E-state index in [0.717, 1.165) is 34.3 Å². The lowest BCUT2D eigenvalue weighted by atomic mass is 10.2. The lowest BCUT2D eigenvalue weighted by Crippen LogP contribution is -2.12. The SMILES string of the molecule is Cn1ccnc1Sc1ccc(NC(=O)c2cc(C3CC3)on2)cc1. The highest BCUT2D eigenvalue weighted by atomic mass is 32.2. The number of anilines is 1. The first-order chi connectivity index (χ1) is 11.7. The summed E-state index contributed by atoms with van der Waals surface area (Å²) < 4.78 is 7.17. The predicted molar refractivity (Wildman–Crippen MR) is 90.2 cm³/mol. The number of nitrogens with zero attached hydrogens (tertiary/aromatic N) is 3. The third-order valence-corrected chi connectivity index (χ3v) is 4.92. The molecule has 1 aliphatic rings. The number of aryl methyl sites for hydroxylation is 1. The summed E-state index contributed by atoms with van der Waals surface area (Å²) in [7, 11) is 1.96. The van der Waals surface area contributed by atoms with Crippen molar-refractivity contribution in [3.05, 3.63) is 54.2 Å². The smallest absolute Gasteiger partial charge is 0.277 e. The van der Waals surface area contributed by atoms with Crippen LogP contribution in [0, 0.1) is 0 Å². The zero-order valence-electron chi connectivity index (χ0n) is 13.1. The molecule has 1 N–H and O–H groups in total. The topological polar surface area (TPSA) is 73.0 Å². The maximum atomic E-state index is 12.2. The van der Waals surface area contributed by atoms with Gasteiger partial charge in [-0.15, -0.1) is 0 Å². The Morgan fingerprint density at radius 1 is 1.33 bits per heavy atom. The maximum absolute atomic E-state index is 12.2. The Kier molecular flexibility index (Phi) is 3.86. The summed E-state index contributed by atoms with van der Waals surface area (Å²) >= 11 is 1.57. The first kappa shape index (κ1) is 15.0. The van der Waals surface area contributed by atoms with Crippen molar-refractivity contribution in [2.24, 2.45) is 7.05 Å². The number of hydrogen-bond donors (Lipinski definition) is 1. The maximum Gasteiger partial charge on any atom is 0.277 e. The monoisotopic (exact) mass is 340 g/mol. The summed E-state index contributed by atoms with van der Waals surface area (Å²) in [5, 5.41) is 7.60. The fourth-order valence-corrected chi connectivity index (χ4v) is 3.12. The molecule has 0 saturated heterocycles. The average molecular weight is 340 g/mol. The van der Waals surface area contributed by atoms with Gasteiger partial charge in [0.2, 0.25) is 0 Å². The van der Waals surface area contributed by atoms with Crippen molar-refractivity contribution in [3.8, 4) is 0 Å². The average Bonchev–Trinajstić information content (AvgIpc) is 3.17. The minimum Gasteiger partial charge on any atom is -0.360 e. The van der Waals surface area contributed by atoms with Gasteiger partial charge >= 0.3 is 0 Å². The van der Waals surface area contributed by atoms with Crippen molar-refractivity contribution in [1.82, 2.24) is 14.7 Å². The van der Waals surface area contributed by atoms with Crippen molar-refractivity contribution < 1.29 is 9.32 Å². The molecule has 1 aliphatic carbocycles. The van der Waals surface area contributed by atoms with Crippen LogP contribution >= 0.6 is 11.8 Å². The molecule has 3 aromatic rings. The molecule has 0 atom stereocenters. The van der Waals surface area contributed by atoms with E-state index in [2.05, 4.69) is 15.5 Å². The standard InChI is InChI=1S/C17H16N4O2S/c1-21-9-8-18-17(21)24-13-6-4-12(5-7-13)19-16(22)14-10-15(23-20-14)11-2-3-11/h4-11H,2-3H2,1H3,(H,19,22). The van der Waals surface area contributed by atoms with E-state index in [4.69, 9.17) is 4.52 Å². The van der Waals surface area contributed by atoms with Gasteiger partial charge in [-0.3, -0.25) is 4.79 Å². The van der Waals surface area contributed by atoms with Gasteiger partial charge in [0.1, 0.15) is 5.76 Å². The van der Waals surface area contributed by atoms with Gasteiger partial charge in [-0.1, -0.05) is 16.9 Å². The molecule has 1 amide bonds. The van der Waals surface area contributed by atoms with E-state index in [-0.39, 0.29) is 5.91 Å². The van der Waals surface area contributed by atoms with Crippen molar-refractivity contribution in [2.45, 2.75) is 28.8 Å². The predicted octanol–water partition coefficient (Wildman–Crippen LogP) is 3.69. The van der Waals surface area contributed by atoms with Crippen LogP contribution in [0.5, 0.6) is 0 Å². The molecule has 6 nitrogen and oxygen atoms in total. The Labute approximate surface area is 143 Å². The summed E-state index contributed by atoms with van der Waals surface area (Å²) in [6.07, 6.45) is 5.91. The molecular formula is C17H16N4O2S. The van der Waals surface area contributed by atoms with Crippen LogP contribution < -0.4 is 5.32 Å². The number of imidazole rings is 1. The van der Waals surface area contributed by atoms with E-state index in [1.165, 1.54) is 0 Å². The summed E-state index contributed by atoms with van der Waals surface area (Å²) in [5.74, 6) is 0.999. The molecule has 1 aromatic carbocycles. The van der Waals surface area contributed by atoms with E-state index in [1.54, 1.807) is 24.0 Å². The van der Waals surface area contributed by atoms with Crippen molar-refractivity contribution in [3.63, 3.8) is 0 Å². The number of aromatic nitrogens is 3. The summed E-state index contributed by atoms with van der Waals surface area (Å²) in [5.41, 5.74) is 1.04. The molecule has 122 valence electrons. The third-order valence-electron chi connectivity index (χ3n) is 3.84. The van der Waals surface area contributed by atoms with Gasteiger partial charge in [-0.2, -0.15) is 0 Å². The molecule has 0 bridgehead atoms. The number of nitrogens with one attached hydrogen (secondary N) is 1. The second-order valence-electron chi connectivity index (χ2n) is 5.79. The van der Waals surface area contributed by atoms with Crippen LogP contribution in [0.15, 0.2) is 57.3 Å². The van der Waals surface area contributed by atoms with E-state index in [1.807, 2.05) is 42.1 Å².